The third-order valence-corrected chi connectivity index (χ3v) is 1.52. The molecule has 0 saturated heterocycles. The minimum atomic E-state index is -1.11. The van der Waals surface area contributed by atoms with Crippen molar-refractivity contribution in [3.05, 3.63) is 24.0 Å². The molecule has 1 heterocycles. The van der Waals surface area contributed by atoms with E-state index in [4.69, 9.17) is 10.2 Å². The summed E-state index contributed by atoms with van der Waals surface area (Å²) in [6.45, 7) is -0.438. The van der Waals surface area contributed by atoms with E-state index in [2.05, 4.69) is 4.98 Å². The van der Waals surface area contributed by atoms with Crippen LogP contribution in [0, 0.1) is 0 Å². The zero-order chi connectivity index (χ0) is 8.27. The maximum atomic E-state index is 9.25. The van der Waals surface area contributed by atoms with Crippen molar-refractivity contribution in [2.75, 3.05) is 6.61 Å². The number of hydrogen-bond acceptors (Lipinski definition) is 3. The van der Waals surface area contributed by atoms with E-state index in [1.54, 1.807) is 18.5 Å². The maximum Gasteiger partial charge on any atom is 0.109 e. The van der Waals surface area contributed by atoms with Crippen LogP contribution in [0.4, 0.5) is 0 Å². The van der Waals surface area contributed by atoms with E-state index < -0.39 is 18.8 Å². The largest absolute Gasteiger partial charge is 0.394 e. The van der Waals surface area contributed by atoms with Gasteiger partial charge in [-0.3, -0.25) is 0 Å². The summed E-state index contributed by atoms with van der Waals surface area (Å²) < 4.78 is 0. The van der Waals surface area contributed by atoms with Crippen LogP contribution in [0.3, 0.4) is 0 Å². The molecule has 0 fully saturated rings. The normalized spacial score (nSPS) is 16.3. The minimum absolute atomic E-state index is 0.438. The molecule has 0 aliphatic carbocycles. The smallest absolute Gasteiger partial charge is 0.109 e. The number of nitrogens with one attached hydrogen (secondary N) is 1. The average Bonchev–Trinajstić information content (AvgIpc) is 2.53. The number of aliphatic hydroxyl groups is 3. The Labute approximate surface area is 64.1 Å². The van der Waals surface area contributed by atoms with E-state index in [1.165, 1.54) is 0 Å². The third-order valence-electron chi connectivity index (χ3n) is 1.52. The Kier molecular flexibility index (Phi) is 2.64. The summed E-state index contributed by atoms with van der Waals surface area (Å²) in [5, 5.41) is 26.7. The molecule has 0 aliphatic rings. The van der Waals surface area contributed by atoms with E-state index in [0.29, 0.717) is 5.56 Å². The molecule has 0 amide bonds. The Bertz CT molecular complexity index is 197. The summed E-state index contributed by atoms with van der Waals surface area (Å²) in [5.74, 6) is 0. The highest BCUT2D eigenvalue weighted by atomic mass is 16.4. The van der Waals surface area contributed by atoms with Crippen molar-refractivity contribution in [2.24, 2.45) is 0 Å². The fourth-order valence-corrected chi connectivity index (χ4v) is 0.843. The van der Waals surface area contributed by atoms with Crippen molar-refractivity contribution in [3.8, 4) is 0 Å². The second kappa shape index (κ2) is 3.52. The van der Waals surface area contributed by atoms with Gasteiger partial charge in [-0.25, -0.2) is 0 Å². The number of aromatic amines is 1. The molecular weight excluding hydrogens is 146 g/mol. The zero-order valence-electron chi connectivity index (χ0n) is 5.94. The molecular formula is C7H11NO3. The molecule has 4 heteroatoms. The van der Waals surface area contributed by atoms with Gasteiger partial charge in [0.25, 0.3) is 0 Å². The molecule has 1 rings (SSSR count). The van der Waals surface area contributed by atoms with Crippen LogP contribution >= 0.6 is 0 Å². The quantitative estimate of drug-likeness (QED) is 0.473. The topological polar surface area (TPSA) is 76.5 Å². The third kappa shape index (κ3) is 1.80. The van der Waals surface area contributed by atoms with Gasteiger partial charge < -0.3 is 20.3 Å². The summed E-state index contributed by atoms with van der Waals surface area (Å²) in [5.41, 5.74) is 0.576. The van der Waals surface area contributed by atoms with Crippen LogP contribution in [-0.2, 0) is 0 Å². The molecule has 62 valence electrons. The van der Waals surface area contributed by atoms with Gasteiger partial charge >= 0.3 is 0 Å². The van der Waals surface area contributed by atoms with E-state index in [0.717, 1.165) is 0 Å². The van der Waals surface area contributed by atoms with Crippen LogP contribution in [0.15, 0.2) is 18.5 Å². The van der Waals surface area contributed by atoms with Crippen LogP contribution in [-0.4, -0.2) is 33.0 Å². The van der Waals surface area contributed by atoms with Gasteiger partial charge in [0.05, 0.1) is 6.61 Å². The Balaban J connectivity index is 2.62. The SMILES string of the molecule is OCC(O)C(O)c1cc[nH]c1. The second-order valence-corrected chi connectivity index (χ2v) is 2.34. The lowest BCUT2D eigenvalue weighted by Gasteiger charge is -2.13. The fraction of sp³-hybridized carbons (Fsp3) is 0.429. The first-order chi connectivity index (χ1) is 5.25. The van der Waals surface area contributed by atoms with Crippen molar-refractivity contribution in [1.29, 1.82) is 0 Å². The molecule has 0 bridgehead atoms. The maximum absolute atomic E-state index is 9.25. The van der Waals surface area contributed by atoms with E-state index >= 15 is 0 Å². The molecule has 1 aromatic rings. The number of rotatable bonds is 3. The number of aromatic nitrogens is 1. The lowest BCUT2D eigenvalue weighted by atomic mass is 10.1. The first-order valence-electron chi connectivity index (χ1n) is 3.35. The van der Waals surface area contributed by atoms with Crippen molar-refractivity contribution < 1.29 is 15.3 Å². The van der Waals surface area contributed by atoms with E-state index in [-0.39, 0.29) is 0 Å². The molecule has 0 spiro atoms. The zero-order valence-corrected chi connectivity index (χ0v) is 5.94. The highest BCUT2D eigenvalue weighted by molar-refractivity contribution is 5.12. The van der Waals surface area contributed by atoms with Gasteiger partial charge in [-0.1, -0.05) is 0 Å². The highest BCUT2D eigenvalue weighted by Gasteiger charge is 2.16. The Morgan fingerprint density at radius 1 is 1.45 bits per heavy atom. The summed E-state index contributed by atoms with van der Waals surface area (Å²) in [7, 11) is 0. The van der Waals surface area contributed by atoms with Crippen LogP contribution in [0.1, 0.15) is 11.7 Å². The van der Waals surface area contributed by atoms with Gasteiger partial charge in [-0.2, -0.15) is 0 Å². The summed E-state index contributed by atoms with van der Waals surface area (Å²) in [6.07, 6.45) is 1.10. The van der Waals surface area contributed by atoms with Crippen molar-refractivity contribution in [3.63, 3.8) is 0 Å². The highest BCUT2D eigenvalue weighted by Crippen LogP contribution is 2.14. The molecule has 2 unspecified atom stereocenters. The van der Waals surface area contributed by atoms with Gasteiger partial charge in [0.15, 0.2) is 0 Å². The summed E-state index contributed by atoms with van der Waals surface area (Å²) in [6, 6.07) is 1.64. The molecule has 4 N–H and O–H groups in total. The summed E-state index contributed by atoms with van der Waals surface area (Å²) in [4.78, 5) is 2.74. The van der Waals surface area contributed by atoms with Gasteiger partial charge in [-0.05, 0) is 6.07 Å². The first-order valence-corrected chi connectivity index (χ1v) is 3.35. The van der Waals surface area contributed by atoms with Gasteiger partial charge in [0.1, 0.15) is 12.2 Å². The molecule has 2 atom stereocenters. The molecule has 4 nitrogen and oxygen atoms in total. The van der Waals surface area contributed by atoms with Gasteiger partial charge in [-0.15, -0.1) is 0 Å². The molecule has 0 radical (unpaired) electrons. The van der Waals surface area contributed by atoms with Crippen molar-refractivity contribution in [2.45, 2.75) is 12.2 Å². The lowest BCUT2D eigenvalue weighted by molar-refractivity contribution is -0.0151. The van der Waals surface area contributed by atoms with Gasteiger partial charge in [0, 0.05) is 18.0 Å². The predicted octanol–water partition coefficient (Wildman–Crippen LogP) is -0.599. The van der Waals surface area contributed by atoms with Crippen molar-refractivity contribution >= 4 is 0 Å². The van der Waals surface area contributed by atoms with Gasteiger partial charge in [0.2, 0.25) is 0 Å². The molecule has 0 saturated carbocycles. The van der Waals surface area contributed by atoms with Crippen LogP contribution in [0.25, 0.3) is 0 Å². The predicted molar refractivity (Wildman–Crippen MR) is 38.8 cm³/mol. The fourth-order valence-electron chi connectivity index (χ4n) is 0.843. The Hall–Kier alpha value is -0.840. The Morgan fingerprint density at radius 2 is 2.18 bits per heavy atom. The summed E-state index contributed by atoms with van der Waals surface area (Å²) >= 11 is 0. The number of H-pyrrole nitrogens is 1. The van der Waals surface area contributed by atoms with Crippen LogP contribution in [0.2, 0.25) is 0 Å². The second-order valence-electron chi connectivity index (χ2n) is 2.34. The van der Waals surface area contributed by atoms with E-state index in [1.807, 2.05) is 0 Å². The average molecular weight is 157 g/mol. The molecule has 0 aliphatic heterocycles. The lowest BCUT2D eigenvalue weighted by Crippen LogP contribution is -2.21. The molecule has 0 aromatic carbocycles. The monoisotopic (exact) mass is 157 g/mol. The first kappa shape index (κ1) is 8.26. The van der Waals surface area contributed by atoms with Crippen molar-refractivity contribution in [1.82, 2.24) is 4.98 Å². The van der Waals surface area contributed by atoms with Crippen LogP contribution in [0.5, 0.6) is 0 Å². The standard InChI is InChI=1S/C7H11NO3/c9-4-6(10)7(11)5-1-2-8-3-5/h1-3,6-11H,4H2. The Morgan fingerprint density at radius 3 is 2.64 bits per heavy atom. The minimum Gasteiger partial charge on any atom is -0.394 e. The molecule has 1 aromatic heterocycles. The van der Waals surface area contributed by atoms with E-state index in [9.17, 15) is 5.11 Å². The number of hydrogen-bond donors (Lipinski definition) is 4. The molecule has 11 heavy (non-hydrogen) atoms. The number of aliphatic hydroxyl groups excluding tert-OH is 3. The van der Waals surface area contributed by atoms with Crippen LogP contribution < -0.4 is 0 Å².